The Morgan fingerprint density at radius 2 is 2.08 bits per heavy atom. The number of rotatable bonds is 4. The second kappa shape index (κ2) is 7.20. The Balaban J connectivity index is 1.78. The van der Waals surface area contributed by atoms with E-state index in [1.54, 1.807) is 25.2 Å². The van der Waals surface area contributed by atoms with Crippen molar-refractivity contribution in [2.75, 3.05) is 23.9 Å². The molecule has 1 atom stereocenters. The molecule has 0 saturated carbocycles. The smallest absolute Gasteiger partial charge is 0.272 e. The molecule has 1 amide bonds. The molecule has 1 saturated heterocycles. The highest BCUT2D eigenvalue weighted by molar-refractivity contribution is 7.91. The summed E-state index contributed by atoms with van der Waals surface area (Å²) in [6.45, 7) is 1.93. The zero-order valence-corrected chi connectivity index (χ0v) is 16.0. The number of halogens is 1. The largest absolute Gasteiger partial charge is 0.340 e. The fourth-order valence-electron chi connectivity index (χ4n) is 2.84. The van der Waals surface area contributed by atoms with Gasteiger partial charge in [-0.3, -0.25) is 4.79 Å². The third-order valence-electron chi connectivity index (χ3n) is 4.43. The Kier molecular flexibility index (Phi) is 5.15. The molecule has 3 rings (SSSR count). The number of anilines is 2. The summed E-state index contributed by atoms with van der Waals surface area (Å²) in [6, 6.07) is 6.67. The van der Waals surface area contributed by atoms with Crippen molar-refractivity contribution in [1.29, 1.82) is 0 Å². The Morgan fingerprint density at radius 3 is 2.77 bits per heavy atom. The van der Waals surface area contributed by atoms with Gasteiger partial charge in [0.1, 0.15) is 17.8 Å². The number of benzene rings is 1. The maximum absolute atomic E-state index is 12.7. The fourth-order valence-corrected chi connectivity index (χ4v) is 4.78. The van der Waals surface area contributed by atoms with E-state index in [2.05, 4.69) is 15.3 Å². The van der Waals surface area contributed by atoms with Gasteiger partial charge in [-0.1, -0.05) is 17.7 Å². The summed E-state index contributed by atoms with van der Waals surface area (Å²) in [4.78, 5) is 22.3. The number of hydrogen-bond donors (Lipinski definition) is 1. The van der Waals surface area contributed by atoms with Gasteiger partial charge in [0.25, 0.3) is 5.91 Å². The lowest BCUT2D eigenvalue weighted by atomic mass is 10.2. The van der Waals surface area contributed by atoms with Crippen LogP contribution >= 0.6 is 11.6 Å². The van der Waals surface area contributed by atoms with Gasteiger partial charge >= 0.3 is 0 Å². The normalized spacial score (nSPS) is 18.5. The zero-order valence-electron chi connectivity index (χ0n) is 14.4. The Hall–Kier alpha value is -2.19. The number of hydrogen-bond acceptors (Lipinski definition) is 6. The van der Waals surface area contributed by atoms with Crippen LogP contribution in [0.1, 0.15) is 22.5 Å². The van der Waals surface area contributed by atoms with Crippen LogP contribution in [0.4, 0.5) is 11.5 Å². The van der Waals surface area contributed by atoms with Gasteiger partial charge in [0.2, 0.25) is 0 Å². The predicted octanol–water partition coefficient (Wildman–Crippen LogP) is 2.44. The molecule has 9 heteroatoms. The average molecular weight is 395 g/mol. The van der Waals surface area contributed by atoms with Crippen molar-refractivity contribution < 1.29 is 13.2 Å². The summed E-state index contributed by atoms with van der Waals surface area (Å²) in [5, 5.41) is 3.72. The molecule has 0 radical (unpaired) electrons. The second-order valence-corrected chi connectivity index (χ2v) is 9.01. The maximum Gasteiger partial charge on any atom is 0.272 e. The van der Waals surface area contributed by atoms with E-state index in [0.717, 1.165) is 11.3 Å². The minimum atomic E-state index is -3.07. The number of nitrogens with zero attached hydrogens (tertiary/aromatic N) is 3. The number of aromatic nitrogens is 2. The molecule has 1 aliphatic heterocycles. The van der Waals surface area contributed by atoms with Crippen LogP contribution in [-0.2, 0) is 9.84 Å². The molecule has 2 aromatic rings. The first-order chi connectivity index (χ1) is 12.2. The summed E-state index contributed by atoms with van der Waals surface area (Å²) in [5.41, 5.74) is 1.97. The van der Waals surface area contributed by atoms with Crippen LogP contribution in [0.2, 0.25) is 5.02 Å². The molecule has 7 nitrogen and oxygen atoms in total. The van der Waals surface area contributed by atoms with Gasteiger partial charge in [0.15, 0.2) is 9.84 Å². The molecular formula is C17H19ClN4O3S. The number of carbonyl (C=O) groups is 1. The zero-order chi connectivity index (χ0) is 18.9. The molecule has 138 valence electrons. The summed E-state index contributed by atoms with van der Waals surface area (Å²) < 4.78 is 23.3. The van der Waals surface area contributed by atoms with Crippen molar-refractivity contribution >= 4 is 38.9 Å². The lowest BCUT2D eigenvalue weighted by molar-refractivity contribution is 0.0741. The first-order valence-electron chi connectivity index (χ1n) is 8.08. The molecule has 1 aromatic heterocycles. The number of nitrogens with one attached hydrogen (secondary N) is 1. The molecule has 1 N–H and O–H groups in total. The highest BCUT2D eigenvalue weighted by Crippen LogP contribution is 2.24. The van der Waals surface area contributed by atoms with Crippen molar-refractivity contribution in [3.63, 3.8) is 0 Å². The summed E-state index contributed by atoms with van der Waals surface area (Å²) in [7, 11) is -1.46. The third-order valence-corrected chi connectivity index (χ3v) is 6.41. The maximum atomic E-state index is 12.7. The monoisotopic (exact) mass is 394 g/mol. The van der Waals surface area contributed by atoms with Gasteiger partial charge in [-0.2, -0.15) is 0 Å². The topological polar surface area (TPSA) is 92.3 Å². The molecular weight excluding hydrogens is 376 g/mol. The number of amides is 1. The average Bonchev–Trinajstić information content (AvgIpc) is 2.97. The van der Waals surface area contributed by atoms with Crippen molar-refractivity contribution in [1.82, 2.24) is 14.9 Å². The van der Waals surface area contributed by atoms with Crippen molar-refractivity contribution in [2.45, 2.75) is 19.4 Å². The van der Waals surface area contributed by atoms with E-state index in [1.165, 1.54) is 11.2 Å². The summed E-state index contributed by atoms with van der Waals surface area (Å²) >= 11 is 6.02. The van der Waals surface area contributed by atoms with Gasteiger partial charge in [-0.05, 0) is 31.0 Å². The third kappa shape index (κ3) is 4.13. The van der Waals surface area contributed by atoms with Crippen molar-refractivity contribution in [3.8, 4) is 0 Å². The lowest BCUT2D eigenvalue weighted by Crippen LogP contribution is -2.38. The quantitative estimate of drug-likeness (QED) is 0.856. The SMILES string of the molecule is Cc1ccc(Cl)cc1Nc1cc(C(=O)N(C)C2CCS(=O)(=O)C2)ncn1. The van der Waals surface area contributed by atoms with Gasteiger partial charge < -0.3 is 10.2 Å². The van der Waals surface area contributed by atoms with Crippen LogP contribution in [0.15, 0.2) is 30.6 Å². The number of carbonyl (C=O) groups excluding carboxylic acids is 1. The van der Waals surface area contributed by atoms with E-state index >= 15 is 0 Å². The van der Waals surface area contributed by atoms with Gasteiger partial charge in [0, 0.05) is 29.9 Å². The molecule has 1 fully saturated rings. The Bertz CT molecular complexity index is 949. The van der Waals surface area contributed by atoms with Crippen LogP contribution in [0.5, 0.6) is 0 Å². The first kappa shape index (κ1) is 18.6. The predicted molar refractivity (Wildman–Crippen MR) is 101 cm³/mol. The first-order valence-corrected chi connectivity index (χ1v) is 10.3. The van der Waals surface area contributed by atoms with Crippen molar-refractivity contribution in [2.24, 2.45) is 0 Å². The molecule has 26 heavy (non-hydrogen) atoms. The molecule has 1 aromatic carbocycles. The van der Waals surface area contributed by atoms with E-state index in [1.807, 2.05) is 13.0 Å². The second-order valence-electron chi connectivity index (χ2n) is 6.35. The van der Waals surface area contributed by atoms with Crippen LogP contribution in [0.3, 0.4) is 0 Å². The van der Waals surface area contributed by atoms with Crippen LogP contribution in [0.25, 0.3) is 0 Å². The van der Waals surface area contributed by atoms with Crippen LogP contribution in [0, 0.1) is 6.92 Å². The minimum Gasteiger partial charge on any atom is -0.340 e. The molecule has 0 aliphatic carbocycles. The number of aryl methyl sites for hydroxylation is 1. The molecule has 0 bridgehead atoms. The molecule has 1 unspecified atom stereocenters. The van der Waals surface area contributed by atoms with E-state index in [9.17, 15) is 13.2 Å². The van der Waals surface area contributed by atoms with E-state index in [0.29, 0.717) is 17.3 Å². The van der Waals surface area contributed by atoms with E-state index in [4.69, 9.17) is 11.6 Å². The standard InChI is InChI=1S/C17H19ClN4O3S/c1-11-3-4-12(18)7-14(11)21-16-8-15(19-10-20-16)17(23)22(2)13-5-6-26(24,25)9-13/h3-4,7-8,10,13H,5-6,9H2,1-2H3,(H,19,20,21). The Morgan fingerprint density at radius 1 is 1.31 bits per heavy atom. The summed E-state index contributed by atoms with van der Waals surface area (Å²) in [5.74, 6) is 0.231. The lowest BCUT2D eigenvalue weighted by Gasteiger charge is -2.23. The number of sulfone groups is 1. The van der Waals surface area contributed by atoms with Crippen molar-refractivity contribution in [3.05, 3.63) is 46.9 Å². The van der Waals surface area contributed by atoms with E-state index < -0.39 is 9.84 Å². The highest BCUT2D eigenvalue weighted by Gasteiger charge is 2.33. The van der Waals surface area contributed by atoms with Crippen LogP contribution < -0.4 is 5.32 Å². The fraction of sp³-hybridized carbons (Fsp3) is 0.353. The molecule has 1 aliphatic rings. The highest BCUT2D eigenvalue weighted by atomic mass is 35.5. The summed E-state index contributed by atoms with van der Waals surface area (Å²) in [6.07, 6.45) is 1.75. The van der Waals surface area contributed by atoms with Gasteiger partial charge in [0.05, 0.1) is 11.5 Å². The Labute approximate surface area is 157 Å². The molecule has 0 spiro atoms. The van der Waals surface area contributed by atoms with Gasteiger partial charge in [-0.15, -0.1) is 0 Å². The van der Waals surface area contributed by atoms with Gasteiger partial charge in [-0.25, -0.2) is 18.4 Å². The minimum absolute atomic E-state index is 0.00681. The molecule has 2 heterocycles. The van der Waals surface area contributed by atoms with Crippen LogP contribution in [-0.4, -0.2) is 53.8 Å². The van der Waals surface area contributed by atoms with E-state index in [-0.39, 0.29) is 29.1 Å².